The lowest BCUT2D eigenvalue weighted by atomic mass is 10.4. The zero-order valence-corrected chi connectivity index (χ0v) is 9.07. The number of rotatable bonds is 0. The van der Waals surface area contributed by atoms with Crippen molar-refractivity contribution in [1.29, 1.82) is 0 Å². The molecule has 0 N–H and O–H groups in total. The maximum atomic E-state index is 4.18. The topological polar surface area (TPSA) is 30.7 Å². The van der Waals surface area contributed by atoms with Crippen LogP contribution in [0.4, 0.5) is 0 Å². The Bertz CT molecular complexity index is 362. The fraction of sp³-hybridized carbons (Fsp3) is 0. The van der Waals surface area contributed by atoms with E-state index < -0.39 is 0 Å². The minimum Gasteiger partial charge on any atom is -0.252 e. The highest BCUT2D eigenvalue weighted by Crippen LogP contribution is 2.18. The highest BCUT2D eigenvalue weighted by Gasteiger charge is 2.05. The van der Waals surface area contributed by atoms with E-state index >= 15 is 0 Å². The normalized spacial score (nSPS) is 10.7. The second-order valence-electron chi connectivity index (χ2n) is 2.02. The van der Waals surface area contributed by atoms with Crippen LogP contribution >= 0.6 is 38.7 Å². The number of halogens is 2. The summed E-state index contributed by atoms with van der Waals surface area (Å²) in [6.45, 7) is 0. The summed E-state index contributed by atoms with van der Waals surface area (Å²) in [5.74, 6) is 0. The van der Waals surface area contributed by atoms with Crippen molar-refractivity contribution in [2.24, 2.45) is 0 Å². The summed E-state index contributed by atoms with van der Waals surface area (Å²) < 4.78 is 2.56. The lowest BCUT2D eigenvalue weighted by Crippen LogP contribution is -1.79. The van der Waals surface area contributed by atoms with Crippen LogP contribution in [0.25, 0.3) is 11.0 Å². The maximum absolute atomic E-state index is 4.18. The maximum Gasteiger partial charge on any atom is 0.150 e. The van der Waals surface area contributed by atoms with Gasteiger partial charge in [-0.3, -0.25) is 4.98 Å². The van der Waals surface area contributed by atoms with Crippen LogP contribution in [-0.4, -0.2) is 13.8 Å². The van der Waals surface area contributed by atoms with E-state index in [0.717, 1.165) is 14.7 Å². The summed E-state index contributed by atoms with van der Waals surface area (Å²) in [4.78, 5) is 4.18. The molecule has 0 atom stereocenters. The fourth-order valence-electron chi connectivity index (χ4n) is 0.883. The molecule has 0 aromatic carbocycles. The third-order valence-electron chi connectivity index (χ3n) is 1.36. The van der Waals surface area contributed by atoms with Crippen LogP contribution < -0.4 is 0 Å². The number of nitrogens with zero attached hydrogens (tertiary/aromatic N) is 3. The van der Waals surface area contributed by atoms with Gasteiger partial charge in [-0.2, -0.15) is 8.81 Å². The summed E-state index contributed by atoms with van der Waals surface area (Å²) in [5, 5.41) is 4.15. The van der Waals surface area contributed by atoms with Crippen molar-refractivity contribution >= 4 is 49.8 Å². The average Bonchev–Trinajstić information content (AvgIpc) is 2.30. The van der Waals surface area contributed by atoms with E-state index in [0.29, 0.717) is 0 Å². The van der Waals surface area contributed by atoms with Crippen molar-refractivity contribution in [2.45, 2.75) is 0 Å². The van der Waals surface area contributed by atoms with Crippen molar-refractivity contribution in [3.05, 3.63) is 22.0 Å². The molecule has 2 aromatic heterocycles. The van der Waals surface area contributed by atoms with Crippen LogP contribution in [-0.2, 0) is 0 Å². The molecule has 2 heterocycles. The van der Waals surface area contributed by atoms with Crippen LogP contribution in [0, 0.1) is 3.70 Å². The summed E-state index contributed by atoms with van der Waals surface area (Å²) in [6.07, 6.45) is 1.76. The summed E-state index contributed by atoms with van der Waals surface area (Å²) in [7, 11) is 0. The second-order valence-corrected chi connectivity index (χ2v) is 3.72. The Balaban J connectivity index is 2.95. The molecular formula is C6H3BrIN3. The van der Waals surface area contributed by atoms with Gasteiger partial charge in [-0.25, -0.2) is 0 Å². The van der Waals surface area contributed by atoms with Gasteiger partial charge in [-0.15, -0.1) is 0 Å². The lowest BCUT2D eigenvalue weighted by molar-refractivity contribution is 1.04. The second kappa shape index (κ2) is 2.71. The Morgan fingerprint density at radius 3 is 3.09 bits per heavy atom. The minimum atomic E-state index is 0.912. The van der Waals surface area contributed by atoms with Crippen LogP contribution in [0.5, 0.6) is 0 Å². The number of hydrogen-bond acceptors (Lipinski definition) is 2. The molecule has 0 aliphatic carbocycles. The van der Waals surface area contributed by atoms with E-state index in [-0.39, 0.29) is 0 Å². The van der Waals surface area contributed by atoms with E-state index in [1.165, 1.54) is 0 Å². The monoisotopic (exact) mass is 323 g/mol. The van der Waals surface area contributed by atoms with Crippen LogP contribution in [0.15, 0.2) is 18.3 Å². The molecule has 0 saturated heterocycles. The first-order valence-corrected chi connectivity index (χ1v) is 4.73. The molecule has 0 unspecified atom stereocenters. The van der Waals surface area contributed by atoms with Gasteiger partial charge in [0.2, 0.25) is 0 Å². The molecule has 0 aliphatic rings. The first kappa shape index (κ1) is 7.48. The zero-order valence-electron chi connectivity index (χ0n) is 5.33. The highest BCUT2D eigenvalue weighted by molar-refractivity contribution is 14.1. The number of pyridine rings is 1. The smallest absolute Gasteiger partial charge is 0.150 e. The molecule has 0 amide bonds. The van der Waals surface area contributed by atoms with Gasteiger partial charge in [-0.1, -0.05) is 0 Å². The van der Waals surface area contributed by atoms with Gasteiger partial charge in [0.15, 0.2) is 3.70 Å². The number of fused-ring (bicyclic) bond motifs is 1. The van der Waals surface area contributed by atoms with Gasteiger partial charge < -0.3 is 0 Å². The Hall–Kier alpha value is -0.170. The van der Waals surface area contributed by atoms with Crippen LogP contribution in [0.3, 0.4) is 0 Å². The average molecular weight is 324 g/mol. The van der Waals surface area contributed by atoms with Crippen molar-refractivity contribution < 1.29 is 0 Å². The Morgan fingerprint density at radius 1 is 1.55 bits per heavy atom. The van der Waals surface area contributed by atoms with E-state index in [1.807, 2.05) is 12.1 Å². The molecule has 3 nitrogen and oxygen atoms in total. The van der Waals surface area contributed by atoms with Crippen molar-refractivity contribution in [2.75, 3.05) is 0 Å². The molecule has 56 valence electrons. The molecule has 11 heavy (non-hydrogen) atoms. The predicted molar refractivity (Wildman–Crippen MR) is 54.6 cm³/mol. The molecule has 0 aliphatic heterocycles. The third-order valence-corrected chi connectivity index (χ3v) is 2.62. The van der Waals surface area contributed by atoms with Crippen LogP contribution in [0.2, 0.25) is 0 Å². The zero-order chi connectivity index (χ0) is 7.84. The van der Waals surface area contributed by atoms with E-state index in [4.69, 9.17) is 0 Å². The highest BCUT2D eigenvalue weighted by atomic mass is 127. The van der Waals surface area contributed by atoms with E-state index in [9.17, 15) is 0 Å². The summed E-state index contributed by atoms with van der Waals surface area (Å²) in [6, 6.07) is 3.85. The molecule has 0 radical (unpaired) electrons. The molecule has 0 spiro atoms. The first-order chi connectivity index (χ1) is 5.29. The van der Waals surface area contributed by atoms with Crippen molar-refractivity contribution in [3.8, 4) is 0 Å². The lowest BCUT2D eigenvalue weighted by Gasteiger charge is -1.86. The van der Waals surface area contributed by atoms with Crippen molar-refractivity contribution in [1.82, 2.24) is 13.8 Å². The summed E-state index contributed by atoms with van der Waals surface area (Å²) >= 11 is 5.43. The molecular weight excluding hydrogens is 321 g/mol. The Kier molecular flexibility index (Phi) is 1.84. The van der Waals surface area contributed by atoms with E-state index in [1.54, 1.807) is 9.90 Å². The van der Waals surface area contributed by atoms with Gasteiger partial charge in [0.25, 0.3) is 0 Å². The molecule has 0 bridgehead atoms. The largest absolute Gasteiger partial charge is 0.252 e. The van der Waals surface area contributed by atoms with Crippen molar-refractivity contribution in [3.63, 3.8) is 0 Å². The SMILES string of the molecule is Brn1nc(I)c2ncccc21. The van der Waals surface area contributed by atoms with Gasteiger partial charge in [0, 0.05) is 6.20 Å². The van der Waals surface area contributed by atoms with Gasteiger partial charge in [0.1, 0.15) is 11.0 Å². The quantitative estimate of drug-likeness (QED) is 0.696. The standard InChI is InChI=1S/C6H3BrIN3/c7-11-4-2-1-3-9-5(4)6(8)10-11/h1-3H. The predicted octanol–water partition coefficient (Wildman–Crippen LogP) is 2.19. The number of hydrogen-bond donors (Lipinski definition) is 0. The molecule has 5 heteroatoms. The first-order valence-electron chi connectivity index (χ1n) is 2.94. The minimum absolute atomic E-state index is 0.912. The molecule has 0 saturated carbocycles. The summed E-state index contributed by atoms with van der Waals surface area (Å²) in [5.41, 5.74) is 1.93. The van der Waals surface area contributed by atoms with E-state index in [2.05, 4.69) is 48.8 Å². The Morgan fingerprint density at radius 2 is 2.36 bits per heavy atom. The molecule has 0 fully saturated rings. The van der Waals surface area contributed by atoms with Gasteiger partial charge in [-0.05, 0) is 34.7 Å². The van der Waals surface area contributed by atoms with Gasteiger partial charge >= 0.3 is 0 Å². The molecule has 2 rings (SSSR count). The molecule has 2 aromatic rings. The fourth-order valence-corrected chi connectivity index (χ4v) is 2.26. The van der Waals surface area contributed by atoms with Gasteiger partial charge in [0.05, 0.1) is 16.1 Å². The Labute approximate surface area is 85.3 Å². The van der Waals surface area contributed by atoms with Crippen LogP contribution in [0.1, 0.15) is 0 Å². The third kappa shape index (κ3) is 1.16. The number of aromatic nitrogens is 3.